The fourth-order valence-electron chi connectivity index (χ4n) is 2.79. The zero-order valence-corrected chi connectivity index (χ0v) is 14.7. The van der Waals surface area contributed by atoms with E-state index in [2.05, 4.69) is 52.7 Å². The molecule has 1 aliphatic rings. The first-order valence-electron chi connectivity index (χ1n) is 6.95. The van der Waals surface area contributed by atoms with Crippen LogP contribution in [0.3, 0.4) is 0 Å². The first-order valence-corrected chi connectivity index (χ1v) is 8.12. The van der Waals surface area contributed by atoms with Crippen molar-refractivity contribution in [3.8, 4) is 0 Å². The minimum Gasteiger partial charge on any atom is -0.329 e. The maximum absolute atomic E-state index is 6.38. The van der Waals surface area contributed by atoms with Gasteiger partial charge < -0.3 is 5.73 Å². The minimum atomic E-state index is 0.157. The van der Waals surface area contributed by atoms with Crippen molar-refractivity contribution in [3.63, 3.8) is 0 Å². The highest BCUT2D eigenvalue weighted by Gasteiger charge is 2.34. The molecule has 20 heavy (non-hydrogen) atoms. The van der Waals surface area contributed by atoms with E-state index in [0.29, 0.717) is 6.54 Å². The summed E-state index contributed by atoms with van der Waals surface area (Å²) in [5.74, 6) is 0. The molecule has 1 atom stereocenters. The fourth-order valence-corrected chi connectivity index (χ4v) is 3.41. The lowest BCUT2D eigenvalue weighted by Gasteiger charge is -2.48. The van der Waals surface area contributed by atoms with Gasteiger partial charge in [-0.05, 0) is 44.7 Å². The topological polar surface area (TPSA) is 32.5 Å². The number of likely N-dealkylation sites (N-methyl/N-ethyl adjacent to an activating group) is 1. The summed E-state index contributed by atoms with van der Waals surface area (Å²) in [4.78, 5) is 4.85. The fraction of sp³-hybridized carbons (Fsp3) is 0.600. The number of piperazine rings is 1. The van der Waals surface area contributed by atoms with Gasteiger partial charge in [0.25, 0.3) is 0 Å². The van der Waals surface area contributed by atoms with Gasteiger partial charge in [0.05, 0.1) is 0 Å². The summed E-state index contributed by atoms with van der Waals surface area (Å²) < 4.78 is 1.05. The van der Waals surface area contributed by atoms with Crippen LogP contribution in [0.25, 0.3) is 0 Å². The van der Waals surface area contributed by atoms with E-state index in [-0.39, 0.29) is 11.6 Å². The first kappa shape index (κ1) is 16.2. The smallest absolute Gasteiger partial charge is 0.0486 e. The van der Waals surface area contributed by atoms with Gasteiger partial charge >= 0.3 is 0 Å². The number of hydrogen-bond acceptors (Lipinski definition) is 3. The van der Waals surface area contributed by atoms with Gasteiger partial charge in [-0.3, -0.25) is 9.80 Å². The van der Waals surface area contributed by atoms with Crippen molar-refractivity contribution in [2.45, 2.75) is 25.4 Å². The Morgan fingerprint density at radius 1 is 1.40 bits per heavy atom. The first-order chi connectivity index (χ1) is 9.35. The summed E-state index contributed by atoms with van der Waals surface area (Å²) in [5, 5.41) is 0.792. The van der Waals surface area contributed by atoms with Gasteiger partial charge in [0.2, 0.25) is 0 Å². The van der Waals surface area contributed by atoms with Crippen molar-refractivity contribution >= 4 is 27.5 Å². The van der Waals surface area contributed by atoms with E-state index < -0.39 is 0 Å². The van der Waals surface area contributed by atoms with Crippen LogP contribution in [-0.4, -0.2) is 48.6 Å². The average molecular weight is 361 g/mol. The molecule has 1 saturated heterocycles. The molecule has 3 nitrogen and oxygen atoms in total. The van der Waals surface area contributed by atoms with E-state index in [1.165, 1.54) is 0 Å². The zero-order chi connectivity index (χ0) is 14.9. The largest absolute Gasteiger partial charge is 0.329 e. The maximum Gasteiger partial charge on any atom is 0.0486 e. The van der Waals surface area contributed by atoms with Crippen LogP contribution < -0.4 is 5.73 Å². The molecule has 0 amide bonds. The Hall–Kier alpha value is -0.130. The molecular formula is C15H23BrClN3. The van der Waals surface area contributed by atoms with Gasteiger partial charge in [0, 0.05) is 47.3 Å². The van der Waals surface area contributed by atoms with Crippen molar-refractivity contribution < 1.29 is 0 Å². The van der Waals surface area contributed by atoms with Crippen molar-refractivity contribution in [2.24, 2.45) is 5.73 Å². The van der Waals surface area contributed by atoms with Crippen molar-refractivity contribution in [1.82, 2.24) is 9.80 Å². The van der Waals surface area contributed by atoms with Gasteiger partial charge in [-0.15, -0.1) is 0 Å². The summed E-state index contributed by atoms with van der Waals surface area (Å²) >= 11 is 9.90. The molecule has 2 N–H and O–H groups in total. The Morgan fingerprint density at radius 2 is 2.10 bits per heavy atom. The molecule has 5 heteroatoms. The molecule has 1 aromatic rings. The Balaban J connectivity index is 2.26. The Kier molecular flexibility index (Phi) is 5.14. The van der Waals surface area contributed by atoms with Crippen molar-refractivity contribution in [3.05, 3.63) is 33.3 Å². The third-order valence-electron chi connectivity index (χ3n) is 4.33. The summed E-state index contributed by atoms with van der Waals surface area (Å²) in [6.45, 7) is 8.19. The van der Waals surface area contributed by atoms with Crippen LogP contribution in [0.5, 0.6) is 0 Å². The predicted octanol–water partition coefficient (Wildman–Crippen LogP) is 3.13. The second-order valence-electron chi connectivity index (χ2n) is 6.12. The molecule has 0 saturated carbocycles. The molecule has 2 rings (SSSR count). The van der Waals surface area contributed by atoms with Crippen LogP contribution in [0, 0.1) is 0 Å². The molecule has 0 aliphatic carbocycles. The standard InChI is InChI=1S/C15H23BrClN3/c1-15(2)10-20(7-6-19(15)3)14(9-18)12-8-11(16)4-5-13(12)17/h4-5,8,14H,6-7,9-10,18H2,1-3H3. The summed E-state index contributed by atoms with van der Waals surface area (Å²) in [7, 11) is 2.18. The Bertz CT molecular complexity index is 478. The number of hydrogen-bond donors (Lipinski definition) is 1. The number of nitrogens with zero attached hydrogens (tertiary/aromatic N) is 2. The van der Waals surface area contributed by atoms with Gasteiger partial charge in [0.1, 0.15) is 0 Å². The van der Waals surface area contributed by atoms with Crippen molar-refractivity contribution in [2.75, 3.05) is 33.2 Å². The monoisotopic (exact) mass is 359 g/mol. The van der Waals surface area contributed by atoms with Crippen LogP contribution in [0.2, 0.25) is 5.02 Å². The summed E-state index contributed by atoms with van der Waals surface area (Å²) in [5.41, 5.74) is 7.32. The van der Waals surface area contributed by atoms with Crippen LogP contribution in [-0.2, 0) is 0 Å². The molecular weight excluding hydrogens is 338 g/mol. The summed E-state index contributed by atoms with van der Waals surface area (Å²) in [6, 6.07) is 6.16. The van der Waals surface area contributed by atoms with Crippen LogP contribution >= 0.6 is 27.5 Å². The van der Waals surface area contributed by atoms with Gasteiger partial charge in [0.15, 0.2) is 0 Å². The van der Waals surface area contributed by atoms with Gasteiger partial charge in [-0.25, -0.2) is 0 Å². The average Bonchev–Trinajstić information content (AvgIpc) is 2.38. The lowest BCUT2D eigenvalue weighted by Crippen LogP contribution is -2.58. The Labute approximate surface area is 135 Å². The third-order valence-corrected chi connectivity index (χ3v) is 5.16. The quantitative estimate of drug-likeness (QED) is 0.899. The maximum atomic E-state index is 6.38. The molecule has 0 aromatic heterocycles. The highest BCUT2D eigenvalue weighted by Crippen LogP contribution is 2.32. The predicted molar refractivity (Wildman–Crippen MR) is 89.2 cm³/mol. The molecule has 0 bridgehead atoms. The summed E-state index contributed by atoms with van der Waals surface area (Å²) in [6.07, 6.45) is 0. The van der Waals surface area contributed by atoms with E-state index in [1.807, 2.05) is 12.1 Å². The second-order valence-corrected chi connectivity index (χ2v) is 7.44. The highest BCUT2D eigenvalue weighted by molar-refractivity contribution is 9.10. The number of halogens is 2. The number of benzene rings is 1. The Morgan fingerprint density at radius 3 is 2.70 bits per heavy atom. The minimum absolute atomic E-state index is 0.157. The lowest BCUT2D eigenvalue weighted by atomic mass is 9.96. The molecule has 0 spiro atoms. The van der Waals surface area contributed by atoms with Crippen LogP contribution in [0.1, 0.15) is 25.5 Å². The van der Waals surface area contributed by atoms with Crippen LogP contribution in [0.15, 0.2) is 22.7 Å². The number of rotatable bonds is 3. The molecule has 1 heterocycles. The lowest BCUT2D eigenvalue weighted by molar-refractivity contribution is 0.0180. The van der Waals surface area contributed by atoms with E-state index >= 15 is 0 Å². The molecule has 112 valence electrons. The third kappa shape index (κ3) is 3.37. The number of nitrogens with two attached hydrogens (primary N) is 1. The molecule has 1 aromatic carbocycles. The van der Waals surface area contributed by atoms with E-state index in [0.717, 1.165) is 34.7 Å². The second kappa shape index (κ2) is 6.32. The molecule has 1 fully saturated rings. The highest BCUT2D eigenvalue weighted by atomic mass is 79.9. The SMILES string of the molecule is CN1CCN(C(CN)c2cc(Br)ccc2Cl)CC1(C)C. The van der Waals surface area contributed by atoms with Gasteiger partial charge in [-0.2, -0.15) is 0 Å². The van der Waals surface area contributed by atoms with Crippen LogP contribution in [0.4, 0.5) is 0 Å². The molecule has 1 aliphatic heterocycles. The van der Waals surface area contributed by atoms with E-state index in [9.17, 15) is 0 Å². The van der Waals surface area contributed by atoms with Gasteiger partial charge in [-0.1, -0.05) is 27.5 Å². The molecule has 1 unspecified atom stereocenters. The van der Waals surface area contributed by atoms with Crippen molar-refractivity contribution in [1.29, 1.82) is 0 Å². The molecule has 0 radical (unpaired) electrons. The normalized spacial score (nSPS) is 21.9. The van der Waals surface area contributed by atoms with E-state index in [1.54, 1.807) is 0 Å². The zero-order valence-electron chi connectivity index (χ0n) is 12.4. The van der Waals surface area contributed by atoms with E-state index in [4.69, 9.17) is 17.3 Å².